The number of carbonyl (C=O) groups is 1. The third-order valence-electron chi connectivity index (χ3n) is 4.04. The molecule has 1 N–H and O–H groups in total. The van der Waals surface area contributed by atoms with Gasteiger partial charge >= 0.3 is 5.97 Å². The Labute approximate surface area is 114 Å². The van der Waals surface area contributed by atoms with E-state index < -0.39 is 5.97 Å². The third-order valence-corrected chi connectivity index (χ3v) is 4.04. The fourth-order valence-corrected chi connectivity index (χ4v) is 2.67. The van der Waals surface area contributed by atoms with Gasteiger partial charge in [-0.2, -0.15) is 0 Å². The van der Waals surface area contributed by atoms with Crippen molar-refractivity contribution in [1.29, 1.82) is 0 Å². The number of carboxylic acid groups (broad SMARTS) is 1. The molecule has 1 aliphatic rings. The van der Waals surface area contributed by atoms with E-state index in [1.165, 1.54) is 19.0 Å². The zero-order valence-electron chi connectivity index (χ0n) is 11.9. The monoisotopic (exact) mass is 262 g/mol. The van der Waals surface area contributed by atoms with Crippen LogP contribution in [0.1, 0.15) is 44.0 Å². The van der Waals surface area contributed by atoms with E-state index in [-0.39, 0.29) is 5.56 Å². The lowest BCUT2D eigenvalue weighted by molar-refractivity contribution is 0.0696. The molecule has 4 nitrogen and oxygen atoms in total. The molecular weight excluding hydrogens is 240 g/mol. The van der Waals surface area contributed by atoms with Gasteiger partial charge in [0.15, 0.2) is 0 Å². The molecule has 19 heavy (non-hydrogen) atoms. The highest BCUT2D eigenvalue weighted by Gasteiger charge is 2.29. The zero-order chi connectivity index (χ0) is 14.0. The van der Waals surface area contributed by atoms with Crippen LogP contribution in [0.3, 0.4) is 0 Å². The molecule has 1 fully saturated rings. The van der Waals surface area contributed by atoms with Crippen molar-refractivity contribution in [3.63, 3.8) is 0 Å². The molecule has 0 atom stereocenters. The molecule has 1 aromatic heterocycles. The van der Waals surface area contributed by atoms with Gasteiger partial charge in [0.1, 0.15) is 5.82 Å². The molecule has 0 spiro atoms. The van der Waals surface area contributed by atoms with E-state index in [1.807, 2.05) is 0 Å². The first-order valence-electron chi connectivity index (χ1n) is 6.82. The smallest absolute Gasteiger partial charge is 0.337 e. The Morgan fingerprint density at radius 3 is 2.37 bits per heavy atom. The van der Waals surface area contributed by atoms with Crippen LogP contribution in [0.5, 0.6) is 0 Å². The second-order valence-electron chi connectivity index (χ2n) is 6.34. The molecule has 2 rings (SSSR count). The van der Waals surface area contributed by atoms with Crippen LogP contribution >= 0.6 is 0 Å². The van der Waals surface area contributed by atoms with E-state index in [2.05, 4.69) is 30.7 Å². The number of carboxylic acids is 1. The maximum atomic E-state index is 10.8. The van der Waals surface area contributed by atoms with E-state index in [0.29, 0.717) is 5.41 Å². The summed E-state index contributed by atoms with van der Waals surface area (Å²) < 4.78 is 0. The highest BCUT2D eigenvalue weighted by atomic mass is 16.4. The Kier molecular flexibility index (Phi) is 3.78. The first-order chi connectivity index (χ1) is 8.88. The fraction of sp³-hybridized carbons (Fsp3) is 0.600. The minimum absolute atomic E-state index is 0.244. The number of pyridine rings is 1. The molecule has 1 aromatic rings. The van der Waals surface area contributed by atoms with Gasteiger partial charge in [-0.1, -0.05) is 20.8 Å². The number of aromatic carboxylic acids is 1. The van der Waals surface area contributed by atoms with Gasteiger partial charge in [-0.15, -0.1) is 0 Å². The van der Waals surface area contributed by atoms with Crippen LogP contribution in [0, 0.1) is 11.3 Å². The fourth-order valence-electron chi connectivity index (χ4n) is 2.67. The summed E-state index contributed by atoms with van der Waals surface area (Å²) in [5.74, 6) is 0.713. The van der Waals surface area contributed by atoms with Crippen LogP contribution in [-0.4, -0.2) is 29.1 Å². The second-order valence-corrected chi connectivity index (χ2v) is 6.34. The maximum absolute atomic E-state index is 10.8. The summed E-state index contributed by atoms with van der Waals surface area (Å²) in [7, 11) is 0. The maximum Gasteiger partial charge on any atom is 0.337 e. The number of nitrogens with zero attached hydrogens (tertiary/aromatic N) is 2. The van der Waals surface area contributed by atoms with Crippen molar-refractivity contribution in [1.82, 2.24) is 4.98 Å². The minimum Gasteiger partial charge on any atom is -0.478 e. The van der Waals surface area contributed by atoms with Crippen molar-refractivity contribution >= 4 is 11.8 Å². The first kappa shape index (κ1) is 13.8. The predicted octanol–water partition coefficient (Wildman–Crippen LogP) is 3.04. The zero-order valence-corrected chi connectivity index (χ0v) is 11.9. The molecule has 0 saturated carbocycles. The van der Waals surface area contributed by atoms with Crippen molar-refractivity contribution < 1.29 is 9.90 Å². The van der Waals surface area contributed by atoms with Crippen LogP contribution in [0.15, 0.2) is 18.3 Å². The number of rotatable bonds is 2. The summed E-state index contributed by atoms with van der Waals surface area (Å²) in [6.07, 6.45) is 3.78. The Morgan fingerprint density at radius 2 is 1.95 bits per heavy atom. The van der Waals surface area contributed by atoms with Crippen LogP contribution < -0.4 is 4.90 Å². The highest BCUT2D eigenvalue weighted by Crippen LogP contribution is 2.35. The van der Waals surface area contributed by atoms with Gasteiger partial charge in [0.05, 0.1) is 5.56 Å². The van der Waals surface area contributed by atoms with Crippen molar-refractivity contribution in [3.8, 4) is 0 Å². The predicted molar refractivity (Wildman–Crippen MR) is 75.6 cm³/mol. The van der Waals surface area contributed by atoms with Gasteiger partial charge in [-0.25, -0.2) is 9.78 Å². The van der Waals surface area contributed by atoms with E-state index in [4.69, 9.17) is 5.11 Å². The molecule has 0 amide bonds. The Hall–Kier alpha value is -1.58. The molecule has 0 aromatic carbocycles. The molecule has 0 unspecified atom stereocenters. The van der Waals surface area contributed by atoms with E-state index in [1.54, 1.807) is 12.1 Å². The number of hydrogen-bond acceptors (Lipinski definition) is 3. The number of piperidine rings is 1. The molecule has 104 valence electrons. The quantitative estimate of drug-likeness (QED) is 0.890. The van der Waals surface area contributed by atoms with Crippen LogP contribution in [0.2, 0.25) is 0 Å². The van der Waals surface area contributed by atoms with Crippen molar-refractivity contribution in [3.05, 3.63) is 23.9 Å². The molecule has 0 aliphatic carbocycles. The minimum atomic E-state index is -0.925. The van der Waals surface area contributed by atoms with Gasteiger partial charge in [-0.05, 0) is 36.3 Å². The van der Waals surface area contributed by atoms with Gasteiger partial charge in [-0.3, -0.25) is 0 Å². The van der Waals surface area contributed by atoms with Crippen LogP contribution in [0.25, 0.3) is 0 Å². The highest BCUT2D eigenvalue weighted by molar-refractivity contribution is 5.87. The summed E-state index contributed by atoms with van der Waals surface area (Å²) in [4.78, 5) is 17.3. The van der Waals surface area contributed by atoms with Gasteiger partial charge in [0.2, 0.25) is 0 Å². The molecular formula is C15H22N2O2. The summed E-state index contributed by atoms with van der Waals surface area (Å²) in [5.41, 5.74) is 0.612. The molecule has 4 heteroatoms. The molecule has 1 saturated heterocycles. The average molecular weight is 262 g/mol. The Bertz CT molecular complexity index is 440. The molecule has 0 bridgehead atoms. The number of aromatic nitrogens is 1. The number of hydrogen-bond donors (Lipinski definition) is 1. The van der Waals surface area contributed by atoms with Crippen LogP contribution in [0.4, 0.5) is 5.82 Å². The van der Waals surface area contributed by atoms with E-state index in [0.717, 1.165) is 24.8 Å². The van der Waals surface area contributed by atoms with Gasteiger partial charge in [0, 0.05) is 19.3 Å². The van der Waals surface area contributed by atoms with Crippen molar-refractivity contribution in [2.75, 3.05) is 18.0 Å². The Balaban J connectivity index is 2.00. The summed E-state index contributed by atoms with van der Waals surface area (Å²) in [6, 6.07) is 3.43. The third kappa shape index (κ3) is 3.25. The molecule has 1 aliphatic heterocycles. The summed E-state index contributed by atoms with van der Waals surface area (Å²) in [5, 5.41) is 8.86. The first-order valence-corrected chi connectivity index (χ1v) is 6.82. The topological polar surface area (TPSA) is 53.4 Å². The second kappa shape index (κ2) is 5.19. The molecule has 2 heterocycles. The lowest BCUT2D eigenvalue weighted by Crippen LogP contribution is -2.38. The Morgan fingerprint density at radius 1 is 1.32 bits per heavy atom. The standard InChI is InChI=1S/C15H22N2O2/c1-15(2,3)12-6-8-17(9-7-12)13-5-4-11(10-16-13)14(18)19/h4-5,10,12H,6-9H2,1-3H3,(H,18,19). The van der Waals surface area contributed by atoms with Gasteiger partial charge in [0.25, 0.3) is 0 Å². The van der Waals surface area contributed by atoms with Crippen molar-refractivity contribution in [2.45, 2.75) is 33.6 Å². The van der Waals surface area contributed by atoms with Crippen molar-refractivity contribution in [2.24, 2.45) is 11.3 Å². The van der Waals surface area contributed by atoms with Gasteiger partial charge < -0.3 is 10.0 Å². The summed E-state index contributed by atoms with van der Waals surface area (Å²) in [6.45, 7) is 8.90. The van der Waals surface area contributed by atoms with Crippen LogP contribution in [-0.2, 0) is 0 Å². The normalized spacial score (nSPS) is 17.5. The lowest BCUT2D eigenvalue weighted by Gasteiger charge is -2.39. The lowest BCUT2D eigenvalue weighted by atomic mass is 9.75. The van der Waals surface area contributed by atoms with E-state index in [9.17, 15) is 4.79 Å². The van der Waals surface area contributed by atoms with E-state index >= 15 is 0 Å². The summed E-state index contributed by atoms with van der Waals surface area (Å²) >= 11 is 0. The number of anilines is 1. The SMILES string of the molecule is CC(C)(C)C1CCN(c2ccc(C(=O)O)cn2)CC1. The average Bonchev–Trinajstić information content (AvgIpc) is 2.38. The molecule has 0 radical (unpaired) electrons. The largest absolute Gasteiger partial charge is 0.478 e.